The van der Waals surface area contributed by atoms with Crippen molar-refractivity contribution in [3.05, 3.63) is 58.7 Å². The van der Waals surface area contributed by atoms with Crippen LogP contribution in [0.3, 0.4) is 0 Å². The third-order valence-electron chi connectivity index (χ3n) is 7.53. The van der Waals surface area contributed by atoms with Crippen LogP contribution < -0.4 is 0 Å². The number of unbranched alkanes of at least 4 members (excludes halogenated alkanes) is 5. The third kappa shape index (κ3) is 7.02. The fraction of sp³-hybridized carbons (Fsp3) is 0.655. The van der Waals surface area contributed by atoms with Gasteiger partial charge in [-0.05, 0) is 80.1 Å². The first-order valence-electron chi connectivity index (χ1n) is 13.0. The Bertz CT molecular complexity index is 714. The molecule has 172 valence electrons. The highest BCUT2D eigenvalue weighted by Gasteiger charge is 2.24. The van der Waals surface area contributed by atoms with Gasteiger partial charge in [0.2, 0.25) is 0 Å². The lowest BCUT2D eigenvalue weighted by atomic mass is 9.75. The molecule has 1 aromatic carbocycles. The van der Waals surface area contributed by atoms with Gasteiger partial charge in [0.05, 0.1) is 0 Å². The maximum atomic E-state index is 14.5. The molecule has 0 amide bonds. The Hall–Kier alpha value is -1.44. The second-order valence-electron chi connectivity index (χ2n) is 9.89. The molecule has 0 saturated heterocycles. The van der Waals surface area contributed by atoms with Crippen molar-refractivity contribution in [2.24, 2.45) is 11.8 Å². The Morgan fingerprint density at radius 1 is 0.839 bits per heavy atom. The second kappa shape index (κ2) is 12.6. The van der Waals surface area contributed by atoms with Crippen LogP contribution in [0, 0.1) is 23.5 Å². The van der Waals surface area contributed by atoms with E-state index in [0.717, 1.165) is 37.2 Å². The van der Waals surface area contributed by atoms with Gasteiger partial charge in [0.25, 0.3) is 0 Å². The summed E-state index contributed by atoms with van der Waals surface area (Å²) in [6.45, 7) is 4.38. The van der Waals surface area contributed by atoms with Crippen LogP contribution in [0.4, 0.5) is 8.78 Å². The van der Waals surface area contributed by atoms with E-state index in [0.29, 0.717) is 12.3 Å². The molecular weight excluding hydrogens is 386 g/mol. The highest BCUT2D eigenvalue weighted by molar-refractivity contribution is 5.36. The minimum absolute atomic E-state index is 0.0901. The molecule has 0 aliphatic heterocycles. The van der Waals surface area contributed by atoms with Crippen molar-refractivity contribution in [1.82, 2.24) is 0 Å². The zero-order chi connectivity index (χ0) is 22.1. The minimum atomic E-state index is -0.369. The molecule has 0 bridgehead atoms. The van der Waals surface area contributed by atoms with E-state index < -0.39 is 0 Å². The molecule has 0 heterocycles. The van der Waals surface area contributed by atoms with Crippen LogP contribution >= 0.6 is 0 Å². The summed E-state index contributed by atoms with van der Waals surface area (Å²) in [5.74, 6) is 0.958. The number of hydrogen-bond acceptors (Lipinski definition) is 0. The molecule has 0 aromatic heterocycles. The molecule has 2 aliphatic carbocycles. The van der Waals surface area contributed by atoms with Crippen molar-refractivity contribution in [1.29, 1.82) is 0 Å². The average Bonchev–Trinajstić information content (AvgIpc) is 2.79. The topological polar surface area (TPSA) is 0 Å². The second-order valence-corrected chi connectivity index (χ2v) is 9.89. The first kappa shape index (κ1) is 24.2. The van der Waals surface area contributed by atoms with E-state index in [1.807, 2.05) is 0 Å². The molecule has 0 spiro atoms. The van der Waals surface area contributed by atoms with E-state index in [-0.39, 0.29) is 23.1 Å². The van der Waals surface area contributed by atoms with Gasteiger partial charge in [0.15, 0.2) is 0 Å². The van der Waals surface area contributed by atoms with Gasteiger partial charge in [0.1, 0.15) is 11.6 Å². The Morgan fingerprint density at radius 3 is 2.13 bits per heavy atom. The Balaban J connectivity index is 1.50. The number of halogens is 2. The molecule has 2 heteroatoms. The molecule has 1 aromatic rings. The van der Waals surface area contributed by atoms with Gasteiger partial charge in [-0.3, -0.25) is 0 Å². The molecule has 0 N–H and O–H groups in total. The first-order valence-corrected chi connectivity index (χ1v) is 13.0. The first-order chi connectivity index (χ1) is 15.1. The van der Waals surface area contributed by atoms with Crippen molar-refractivity contribution in [3.63, 3.8) is 0 Å². The lowest BCUT2D eigenvalue weighted by molar-refractivity contribution is 0.283. The van der Waals surface area contributed by atoms with E-state index >= 15 is 0 Å². The lowest BCUT2D eigenvalue weighted by Crippen LogP contribution is -2.17. The molecule has 1 atom stereocenters. The van der Waals surface area contributed by atoms with Crippen LogP contribution in [0.15, 0.2) is 35.9 Å². The van der Waals surface area contributed by atoms with Crippen LogP contribution in [0.25, 0.3) is 0 Å². The summed E-state index contributed by atoms with van der Waals surface area (Å²) in [5, 5.41) is 0. The summed E-state index contributed by atoms with van der Waals surface area (Å²) in [7, 11) is 0. The van der Waals surface area contributed by atoms with E-state index in [1.54, 1.807) is 12.1 Å². The molecule has 0 radical (unpaired) electrons. The summed E-state index contributed by atoms with van der Waals surface area (Å²) < 4.78 is 29.1. The smallest absolute Gasteiger partial charge is 0.129 e. The zero-order valence-corrected chi connectivity index (χ0v) is 19.8. The van der Waals surface area contributed by atoms with Crippen LogP contribution in [0.5, 0.6) is 0 Å². The van der Waals surface area contributed by atoms with E-state index in [4.69, 9.17) is 0 Å². The van der Waals surface area contributed by atoms with Gasteiger partial charge in [-0.15, -0.1) is 0 Å². The maximum absolute atomic E-state index is 14.5. The van der Waals surface area contributed by atoms with Gasteiger partial charge in [-0.2, -0.15) is 0 Å². The molecule has 1 unspecified atom stereocenters. The number of benzene rings is 1. The van der Waals surface area contributed by atoms with Gasteiger partial charge in [-0.1, -0.05) is 77.0 Å². The van der Waals surface area contributed by atoms with Crippen LogP contribution in [0.2, 0.25) is 0 Å². The van der Waals surface area contributed by atoms with Crippen molar-refractivity contribution >= 4 is 0 Å². The molecule has 1 fully saturated rings. The number of hydrogen-bond donors (Lipinski definition) is 0. The van der Waals surface area contributed by atoms with E-state index in [9.17, 15) is 8.78 Å². The Kier molecular flexibility index (Phi) is 9.81. The van der Waals surface area contributed by atoms with E-state index in [2.05, 4.69) is 32.1 Å². The standard InChI is InChI=1S/C29H42F2/c1-3-5-7-9-10-22-12-14-23(15-13-22)24-16-18-25(19-17-24)26-20-28(30)27(29(31)21-26)11-8-6-4-2/h16-18,20-23,25H,3-15,19H2,1-2H3/t22-,23-,25?. The van der Waals surface area contributed by atoms with E-state index in [1.165, 1.54) is 63.4 Å². The summed E-state index contributed by atoms with van der Waals surface area (Å²) in [6.07, 6.45) is 23.3. The summed E-state index contributed by atoms with van der Waals surface area (Å²) in [4.78, 5) is 0. The van der Waals surface area contributed by atoms with Gasteiger partial charge >= 0.3 is 0 Å². The maximum Gasteiger partial charge on any atom is 0.129 e. The fourth-order valence-corrected chi connectivity index (χ4v) is 5.46. The Morgan fingerprint density at radius 2 is 1.52 bits per heavy atom. The van der Waals surface area contributed by atoms with Crippen molar-refractivity contribution in [2.75, 3.05) is 0 Å². The quantitative estimate of drug-likeness (QED) is 0.308. The molecule has 1 saturated carbocycles. The van der Waals surface area contributed by atoms with Gasteiger partial charge in [0, 0.05) is 11.5 Å². The normalized spacial score (nSPS) is 23.7. The zero-order valence-electron chi connectivity index (χ0n) is 19.8. The van der Waals surface area contributed by atoms with Crippen LogP contribution in [-0.4, -0.2) is 0 Å². The van der Waals surface area contributed by atoms with Gasteiger partial charge in [-0.25, -0.2) is 8.78 Å². The van der Waals surface area contributed by atoms with Crippen molar-refractivity contribution in [2.45, 2.75) is 110 Å². The average molecular weight is 429 g/mol. The number of allylic oxidation sites excluding steroid dienone is 4. The largest absolute Gasteiger partial charge is 0.207 e. The minimum Gasteiger partial charge on any atom is -0.207 e. The van der Waals surface area contributed by atoms with Crippen molar-refractivity contribution < 1.29 is 8.78 Å². The van der Waals surface area contributed by atoms with Crippen LogP contribution in [-0.2, 0) is 6.42 Å². The van der Waals surface area contributed by atoms with Gasteiger partial charge < -0.3 is 0 Å². The highest BCUT2D eigenvalue weighted by Crippen LogP contribution is 2.39. The monoisotopic (exact) mass is 428 g/mol. The summed E-state index contributed by atoms with van der Waals surface area (Å²) in [6, 6.07) is 3.14. The summed E-state index contributed by atoms with van der Waals surface area (Å²) >= 11 is 0. The third-order valence-corrected chi connectivity index (χ3v) is 7.53. The Labute approximate surface area is 189 Å². The molecule has 31 heavy (non-hydrogen) atoms. The molecular formula is C29H42F2. The lowest BCUT2D eigenvalue weighted by Gasteiger charge is -2.31. The predicted molar refractivity (Wildman–Crippen MR) is 128 cm³/mol. The molecule has 2 aliphatic rings. The fourth-order valence-electron chi connectivity index (χ4n) is 5.46. The highest BCUT2D eigenvalue weighted by atomic mass is 19.1. The van der Waals surface area contributed by atoms with Crippen LogP contribution in [0.1, 0.15) is 114 Å². The molecule has 0 nitrogen and oxygen atoms in total. The molecule has 3 rings (SSSR count). The number of rotatable bonds is 11. The van der Waals surface area contributed by atoms with Crippen molar-refractivity contribution in [3.8, 4) is 0 Å². The predicted octanol–water partition coefficient (Wildman–Crippen LogP) is 9.44. The SMILES string of the molecule is CCCCCC[C@H]1CC[C@H](C2=CCC(c3cc(F)c(CCCCC)c(F)c3)C=C2)CC1. The summed E-state index contributed by atoms with van der Waals surface area (Å²) in [5.41, 5.74) is 2.49.